The van der Waals surface area contributed by atoms with Crippen molar-refractivity contribution >= 4 is 11.3 Å². The van der Waals surface area contributed by atoms with Gasteiger partial charge in [-0.15, -0.1) is 11.3 Å². The lowest BCUT2D eigenvalue weighted by atomic mass is 10.1. The van der Waals surface area contributed by atoms with Crippen molar-refractivity contribution in [3.05, 3.63) is 28.2 Å². The molecule has 3 heteroatoms. The lowest BCUT2D eigenvalue weighted by Crippen LogP contribution is -2.30. The summed E-state index contributed by atoms with van der Waals surface area (Å²) < 4.78 is 0. The Labute approximate surface area is 101 Å². The zero-order valence-electron chi connectivity index (χ0n) is 9.61. The molecule has 1 aliphatic carbocycles. The number of piperidine rings is 1. The maximum atomic E-state index is 4.74. The second-order valence-electron chi connectivity index (χ2n) is 4.98. The molecule has 0 unspecified atom stereocenters. The van der Waals surface area contributed by atoms with E-state index in [2.05, 4.69) is 16.9 Å². The summed E-state index contributed by atoms with van der Waals surface area (Å²) in [5.41, 5.74) is 2.69. The van der Waals surface area contributed by atoms with Crippen LogP contribution in [0.4, 0.5) is 0 Å². The molecule has 1 saturated heterocycles. The van der Waals surface area contributed by atoms with Crippen LogP contribution in [0, 0.1) is 0 Å². The third kappa shape index (κ3) is 2.36. The zero-order chi connectivity index (χ0) is 11.0. The van der Waals surface area contributed by atoms with Gasteiger partial charge in [0.25, 0.3) is 0 Å². The monoisotopic (exact) mass is 234 g/mol. The fraction of sp³-hybridized carbons (Fsp3) is 0.615. The van der Waals surface area contributed by atoms with Gasteiger partial charge in [0.1, 0.15) is 0 Å². The Morgan fingerprint density at radius 2 is 2.12 bits per heavy atom. The molecule has 2 heterocycles. The Balaban J connectivity index is 1.58. The van der Waals surface area contributed by atoms with Crippen LogP contribution in [0.25, 0.3) is 0 Å². The van der Waals surface area contributed by atoms with Gasteiger partial charge in [0.05, 0.1) is 10.7 Å². The highest BCUT2D eigenvalue weighted by atomic mass is 32.1. The van der Waals surface area contributed by atoms with Gasteiger partial charge in [-0.05, 0) is 25.7 Å². The number of aromatic nitrogens is 1. The van der Waals surface area contributed by atoms with Gasteiger partial charge in [-0.2, -0.15) is 0 Å². The Kier molecular flexibility index (Phi) is 2.82. The predicted octanol–water partition coefficient (Wildman–Crippen LogP) is 3.17. The third-order valence-corrected chi connectivity index (χ3v) is 4.50. The van der Waals surface area contributed by atoms with Gasteiger partial charge in [0, 0.05) is 30.9 Å². The number of likely N-dealkylation sites (tertiary alicyclic amines) is 1. The quantitative estimate of drug-likeness (QED) is 0.747. The fourth-order valence-electron chi connectivity index (χ4n) is 2.17. The van der Waals surface area contributed by atoms with Crippen LogP contribution >= 0.6 is 11.3 Å². The Bertz CT molecular complexity index is 382. The molecule has 1 aliphatic heterocycles. The Morgan fingerprint density at radius 1 is 1.38 bits per heavy atom. The third-order valence-electron chi connectivity index (χ3n) is 3.44. The number of hydrogen-bond donors (Lipinski definition) is 0. The van der Waals surface area contributed by atoms with Crippen molar-refractivity contribution in [2.45, 2.75) is 38.1 Å². The van der Waals surface area contributed by atoms with Gasteiger partial charge >= 0.3 is 0 Å². The molecule has 2 aliphatic rings. The van der Waals surface area contributed by atoms with Gasteiger partial charge in [-0.3, -0.25) is 4.90 Å². The largest absolute Gasteiger partial charge is 0.297 e. The lowest BCUT2D eigenvalue weighted by molar-refractivity contribution is 0.246. The molecule has 1 aromatic rings. The Morgan fingerprint density at radius 3 is 2.81 bits per heavy atom. The second-order valence-corrected chi connectivity index (χ2v) is 5.87. The summed E-state index contributed by atoms with van der Waals surface area (Å²) in [5.74, 6) is 0.805. The van der Waals surface area contributed by atoms with Gasteiger partial charge < -0.3 is 0 Å². The van der Waals surface area contributed by atoms with Crippen LogP contribution in [0.1, 0.15) is 42.3 Å². The van der Waals surface area contributed by atoms with Crippen molar-refractivity contribution in [3.8, 4) is 0 Å². The molecule has 0 N–H and O–H groups in total. The molecule has 0 radical (unpaired) electrons. The molecule has 86 valence electrons. The van der Waals surface area contributed by atoms with Crippen LogP contribution in [0.5, 0.6) is 0 Å². The number of thiazole rings is 1. The summed E-state index contributed by atoms with van der Waals surface area (Å²) in [6, 6.07) is 0. The van der Waals surface area contributed by atoms with Crippen LogP contribution in [-0.4, -0.2) is 23.0 Å². The molecule has 2 nitrogen and oxygen atoms in total. The summed E-state index contributed by atoms with van der Waals surface area (Å²) >= 11 is 1.85. The van der Waals surface area contributed by atoms with Crippen LogP contribution in [0.3, 0.4) is 0 Å². The molecule has 1 aromatic heterocycles. The summed E-state index contributed by atoms with van der Waals surface area (Å²) in [4.78, 5) is 7.24. The van der Waals surface area contributed by atoms with E-state index in [-0.39, 0.29) is 0 Å². The fourth-order valence-corrected chi connectivity index (χ4v) is 3.15. The molecule has 0 amide bonds. The first kappa shape index (κ1) is 10.5. The first-order valence-corrected chi connectivity index (χ1v) is 7.02. The molecular weight excluding hydrogens is 216 g/mol. The SMILES string of the molecule is C=C1CCN(Cc2csc(C3CC3)n2)CC1. The zero-order valence-corrected chi connectivity index (χ0v) is 10.4. The topological polar surface area (TPSA) is 16.1 Å². The highest BCUT2D eigenvalue weighted by Gasteiger charge is 2.26. The van der Waals surface area contributed by atoms with E-state index in [1.807, 2.05) is 11.3 Å². The lowest BCUT2D eigenvalue weighted by Gasteiger charge is -2.26. The van der Waals surface area contributed by atoms with Crippen LogP contribution < -0.4 is 0 Å². The number of rotatable bonds is 3. The summed E-state index contributed by atoms with van der Waals surface area (Å²) in [6.45, 7) is 7.41. The first-order valence-electron chi connectivity index (χ1n) is 6.14. The highest BCUT2D eigenvalue weighted by molar-refractivity contribution is 7.09. The van der Waals surface area contributed by atoms with Gasteiger partial charge in [-0.25, -0.2) is 4.98 Å². The maximum absolute atomic E-state index is 4.74. The van der Waals surface area contributed by atoms with Gasteiger partial charge in [0.15, 0.2) is 0 Å². The van der Waals surface area contributed by atoms with Crippen LogP contribution in [0.2, 0.25) is 0 Å². The van der Waals surface area contributed by atoms with E-state index in [4.69, 9.17) is 4.98 Å². The average Bonchev–Trinajstić information content (AvgIpc) is 3.04. The summed E-state index contributed by atoms with van der Waals surface area (Å²) in [7, 11) is 0. The molecular formula is C13H18N2S. The molecule has 16 heavy (non-hydrogen) atoms. The van der Waals surface area contributed by atoms with Crippen molar-refractivity contribution in [3.63, 3.8) is 0 Å². The molecule has 1 saturated carbocycles. The molecule has 2 fully saturated rings. The van der Waals surface area contributed by atoms with Crippen molar-refractivity contribution in [2.24, 2.45) is 0 Å². The standard InChI is InChI=1S/C13H18N2S/c1-10-4-6-15(7-5-10)8-12-9-16-13(14-12)11-2-3-11/h9,11H,1-8H2. The Hall–Kier alpha value is -0.670. The van der Waals surface area contributed by atoms with Crippen molar-refractivity contribution in [1.29, 1.82) is 0 Å². The van der Waals surface area contributed by atoms with Crippen LogP contribution in [0.15, 0.2) is 17.5 Å². The number of hydrogen-bond acceptors (Lipinski definition) is 3. The van der Waals surface area contributed by atoms with Gasteiger partial charge in [-0.1, -0.05) is 12.2 Å². The van der Waals surface area contributed by atoms with Crippen molar-refractivity contribution < 1.29 is 0 Å². The van der Waals surface area contributed by atoms with E-state index < -0.39 is 0 Å². The molecule has 3 rings (SSSR count). The smallest absolute Gasteiger partial charge is 0.0959 e. The average molecular weight is 234 g/mol. The minimum atomic E-state index is 0.805. The van der Waals surface area contributed by atoms with E-state index in [0.717, 1.165) is 25.6 Å². The van der Waals surface area contributed by atoms with E-state index in [9.17, 15) is 0 Å². The first-order chi connectivity index (χ1) is 7.81. The van der Waals surface area contributed by atoms with Gasteiger partial charge in [0.2, 0.25) is 0 Å². The minimum Gasteiger partial charge on any atom is -0.297 e. The molecule has 0 spiro atoms. The summed E-state index contributed by atoms with van der Waals surface area (Å²) in [6.07, 6.45) is 5.05. The van der Waals surface area contributed by atoms with E-state index in [1.165, 1.54) is 42.0 Å². The number of nitrogens with zero attached hydrogens (tertiary/aromatic N) is 2. The summed E-state index contributed by atoms with van der Waals surface area (Å²) in [5, 5.41) is 3.62. The highest BCUT2D eigenvalue weighted by Crippen LogP contribution is 2.41. The van der Waals surface area contributed by atoms with Crippen molar-refractivity contribution in [1.82, 2.24) is 9.88 Å². The van der Waals surface area contributed by atoms with E-state index in [0.29, 0.717) is 0 Å². The molecule has 0 bridgehead atoms. The van der Waals surface area contributed by atoms with E-state index in [1.54, 1.807) is 0 Å². The molecule has 0 atom stereocenters. The van der Waals surface area contributed by atoms with Crippen LogP contribution in [-0.2, 0) is 6.54 Å². The normalized spacial score (nSPS) is 22.6. The van der Waals surface area contributed by atoms with E-state index >= 15 is 0 Å². The second kappa shape index (κ2) is 4.30. The minimum absolute atomic E-state index is 0.805. The molecule has 0 aromatic carbocycles. The van der Waals surface area contributed by atoms with Crippen molar-refractivity contribution in [2.75, 3.05) is 13.1 Å². The maximum Gasteiger partial charge on any atom is 0.0959 e. The predicted molar refractivity (Wildman–Crippen MR) is 67.7 cm³/mol.